The minimum Gasteiger partial charge on any atom is -0.491 e. The van der Waals surface area contributed by atoms with Crippen LogP contribution in [0.15, 0.2) is 24.9 Å². The largest absolute Gasteiger partial charge is 0.491 e. The highest BCUT2D eigenvalue weighted by Gasteiger charge is 2.21. The Morgan fingerprint density at radius 1 is 1.67 bits per heavy atom. The van der Waals surface area contributed by atoms with Gasteiger partial charge in [-0.25, -0.2) is 4.98 Å². The molecule has 80 valence electrons. The fourth-order valence-corrected chi connectivity index (χ4v) is 1.71. The van der Waals surface area contributed by atoms with E-state index in [0.29, 0.717) is 6.42 Å². The SMILES string of the molecule is CCCn1cncc1C1CC(=O)C=CO1. The molecular formula is C11H14N2O2. The van der Waals surface area contributed by atoms with Crippen molar-refractivity contribution in [2.75, 3.05) is 0 Å². The standard InChI is InChI=1S/C11H14N2O2/c1-2-4-13-8-12-7-10(13)11-6-9(14)3-5-15-11/h3,5,7-8,11H,2,4,6H2,1H3. The molecule has 1 aliphatic heterocycles. The summed E-state index contributed by atoms with van der Waals surface area (Å²) in [5, 5.41) is 0. The first kappa shape index (κ1) is 9.96. The van der Waals surface area contributed by atoms with Crippen molar-refractivity contribution in [1.29, 1.82) is 0 Å². The molecule has 0 amide bonds. The number of imidazole rings is 1. The third-order valence-corrected chi connectivity index (χ3v) is 2.42. The summed E-state index contributed by atoms with van der Waals surface area (Å²) >= 11 is 0. The van der Waals surface area contributed by atoms with Crippen molar-refractivity contribution >= 4 is 5.78 Å². The van der Waals surface area contributed by atoms with Gasteiger partial charge in [-0.2, -0.15) is 0 Å². The fourth-order valence-electron chi connectivity index (χ4n) is 1.71. The molecule has 0 saturated carbocycles. The number of allylic oxidation sites excluding steroid dienone is 1. The number of rotatable bonds is 3. The Balaban J connectivity index is 2.18. The van der Waals surface area contributed by atoms with Crippen molar-refractivity contribution < 1.29 is 9.53 Å². The van der Waals surface area contributed by atoms with Gasteiger partial charge < -0.3 is 9.30 Å². The van der Waals surface area contributed by atoms with E-state index in [2.05, 4.69) is 11.9 Å². The second kappa shape index (κ2) is 4.29. The average molecular weight is 206 g/mol. The van der Waals surface area contributed by atoms with Crippen LogP contribution in [0.2, 0.25) is 0 Å². The summed E-state index contributed by atoms with van der Waals surface area (Å²) in [5.41, 5.74) is 0.981. The highest BCUT2D eigenvalue weighted by molar-refractivity contribution is 5.90. The maximum Gasteiger partial charge on any atom is 0.162 e. The van der Waals surface area contributed by atoms with Gasteiger partial charge in [0.25, 0.3) is 0 Å². The van der Waals surface area contributed by atoms with Crippen LogP contribution in [0.25, 0.3) is 0 Å². The van der Waals surface area contributed by atoms with Gasteiger partial charge in [-0.15, -0.1) is 0 Å². The van der Waals surface area contributed by atoms with Crippen LogP contribution in [0.5, 0.6) is 0 Å². The maximum atomic E-state index is 11.2. The van der Waals surface area contributed by atoms with E-state index in [4.69, 9.17) is 4.74 Å². The lowest BCUT2D eigenvalue weighted by molar-refractivity contribution is -0.118. The Kier molecular flexibility index (Phi) is 2.85. The van der Waals surface area contributed by atoms with Crippen molar-refractivity contribution in [3.05, 3.63) is 30.6 Å². The van der Waals surface area contributed by atoms with Gasteiger partial charge in [0.1, 0.15) is 6.10 Å². The molecule has 2 rings (SSSR count). The van der Waals surface area contributed by atoms with Crippen LogP contribution in [0.3, 0.4) is 0 Å². The molecule has 4 nitrogen and oxygen atoms in total. The number of carbonyl (C=O) groups is 1. The van der Waals surface area contributed by atoms with Gasteiger partial charge in [-0.1, -0.05) is 6.92 Å². The average Bonchev–Trinajstić information content (AvgIpc) is 2.66. The second-order valence-electron chi connectivity index (χ2n) is 3.61. The zero-order chi connectivity index (χ0) is 10.7. The van der Waals surface area contributed by atoms with E-state index in [1.165, 1.54) is 12.3 Å². The Morgan fingerprint density at radius 3 is 3.27 bits per heavy atom. The van der Waals surface area contributed by atoms with Crippen molar-refractivity contribution in [2.45, 2.75) is 32.4 Å². The van der Waals surface area contributed by atoms with Crippen LogP contribution in [0, 0.1) is 0 Å². The van der Waals surface area contributed by atoms with Gasteiger partial charge in [-0.3, -0.25) is 4.79 Å². The van der Waals surface area contributed by atoms with Gasteiger partial charge in [0, 0.05) is 12.6 Å². The molecule has 0 N–H and O–H groups in total. The number of hydrogen-bond acceptors (Lipinski definition) is 3. The number of hydrogen-bond donors (Lipinski definition) is 0. The predicted octanol–water partition coefficient (Wildman–Crippen LogP) is 1.84. The number of nitrogens with zero attached hydrogens (tertiary/aromatic N) is 2. The summed E-state index contributed by atoms with van der Waals surface area (Å²) in [4.78, 5) is 15.3. The van der Waals surface area contributed by atoms with Gasteiger partial charge >= 0.3 is 0 Å². The summed E-state index contributed by atoms with van der Waals surface area (Å²) in [6.45, 7) is 3.02. The summed E-state index contributed by atoms with van der Waals surface area (Å²) < 4.78 is 7.46. The maximum absolute atomic E-state index is 11.2. The van der Waals surface area contributed by atoms with Gasteiger partial charge in [0.15, 0.2) is 5.78 Å². The molecule has 0 aliphatic carbocycles. The molecular weight excluding hydrogens is 192 g/mol. The van der Waals surface area contributed by atoms with Gasteiger partial charge in [0.05, 0.1) is 30.9 Å². The Bertz CT molecular complexity index is 382. The first-order valence-electron chi connectivity index (χ1n) is 5.16. The topological polar surface area (TPSA) is 44.1 Å². The first-order valence-corrected chi connectivity index (χ1v) is 5.16. The Hall–Kier alpha value is -1.58. The molecule has 1 aliphatic rings. The molecule has 0 radical (unpaired) electrons. The smallest absolute Gasteiger partial charge is 0.162 e. The van der Waals surface area contributed by atoms with E-state index >= 15 is 0 Å². The molecule has 1 aromatic heterocycles. The van der Waals surface area contributed by atoms with Crippen molar-refractivity contribution in [3.8, 4) is 0 Å². The molecule has 1 aromatic rings. The highest BCUT2D eigenvalue weighted by Crippen LogP contribution is 2.24. The fraction of sp³-hybridized carbons (Fsp3) is 0.455. The zero-order valence-electron chi connectivity index (χ0n) is 8.72. The number of ether oxygens (including phenoxy) is 1. The first-order chi connectivity index (χ1) is 7.31. The molecule has 2 heterocycles. The highest BCUT2D eigenvalue weighted by atomic mass is 16.5. The van der Waals surface area contributed by atoms with Crippen LogP contribution in [0.4, 0.5) is 0 Å². The quantitative estimate of drug-likeness (QED) is 0.758. The van der Waals surface area contributed by atoms with Gasteiger partial charge in [-0.05, 0) is 6.42 Å². The molecule has 0 aromatic carbocycles. The summed E-state index contributed by atoms with van der Waals surface area (Å²) in [7, 11) is 0. The van der Waals surface area contributed by atoms with Gasteiger partial charge in [0.2, 0.25) is 0 Å². The minimum absolute atomic E-state index is 0.107. The van der Waals surface area contributed by atoms with Crippen LogP contribution in [0.1, 0.15) is 31.6 Å². The molecule has 4 heteroatoms. The van der Waals surface area contributed by atoms with Crippen LogP contribution in [-0.2, 0) is 16.1 Å². The summed E-state index contributed by atoms with van der Waals surface area (Å²) in [6, 6.07) is 0. The Morgan fingerprint density at radius 2 is 2.53 bits per heavy atom. The van der Waals surface area contributed by atoms with Crippen LogP contribution >= 0.6 is 0 Å². The number of aryl methyl sites for hydroxylation is 1. The van der Waals surface area contributed by atoms with Crippen LogP contribution in [-0.4, -0.2) is 15.3 Å². The van der Waals surface area contributed by atoms with Crippen molar-refractivity contribution in [3.63, 3.8) is 0 Å². The molecule has 0 bridgehead atoms. The molecule has 1 unspecified atom stereocenters. The molecule has 0 fully saturated rings. The van der Waals surface area contributed by atoms with E-state index in [1.807, 2.05) is 4.57 Å². The molecule has 15 heavy (non-hydrogen) atoms. The van der Waals surface area contributed by atoms with E-state index in [9.17, 15) is 4.79 Å². The third-order valence-electron chi connectivity index (χ3n) is 2.42. The lowest BCUT2D eigenvalue weighted by atomic mass is 10.1. The number of carbonyl (C=O) groups excluding carboxylic acids is 1. The minimum atomic E-state index is -0.170. The van der Waals surface area contributed by atoms with E-state index in [0.717, 1.165) is 18.7 Å². The van der Waals surface area contributed by atoms with E-state index in [-0.39, 0.29) is 11.9 Å². The predicted molar refractivity (Wildman–Crippen MR) is 55.1 cm³/mol. The van der Waals surface area contributed by atoms with Crippen LogP contribution < -0.4 is 0 Å². The monoisotopic (exact) mass is 206 g/mol. The summed E-state index contributed by atoms with van der Waals surface area (Å²) in [6.07, 6.45) is 7.77. The number of ketones is 1. The lowest BCUT2D eigenvalue weighted by Gasteiger charge is -2.19. The zero-order valence-corrected chi connectivity index (χ0v) is 8.72. The van der Waals surface area contributed by atoms with E-state index in [1.54, 1.807) is 12.5 Å². The molecule has 0 saturated heterocycles. The van der Waals surface area contributed by atoms with E-state index < -0.39 is 0 Å². The normalized spacial score (nSPS) is 20.3. The molecule has 0 spiro atoms. The molecule has 1 atom stereocenters. The summed E-state index contributed by atoms with van der Waals surface area (Å²) in [5.74, 6) is 0.107. The lowest BCUT2D eigenvalue weighted by Crippen LogP contribution is -2.15. The Labute approximate surface area is 88.6 Å². The second-order valence-corrected chi connectivity index (χ2v) is 3.61. The van der Waals surface area contributed by atoms with Crippen molar-refractivity contribution in [1.82, 2.24) is 9.55 Å². The number of aromatic nitrogens is 2. The van der Waals surface area contributed by atoms with Crippen molar-refractivity contribution in [2.24, 2.45) is 0 Å². The third kappa shape index (κ3) is 2.09.